The van der Waals surface area contributed by atoms with E-state index in [1.807, 2.05) is 17.8 Å². The third-order valence-corrected chi connectivity index (χ3v) is 2.76. The zero-order chi connectivity index (χ0) is 13.8. The van der Waals surface area contributed by atoms with Crippen molar-refractivity contribution in [3.63, 3.8) is 0 Å². The Bertz CT molecular complexity index is 579. The van der Waals surface area contributed by atoms with E-state index in [4.69, 9.17) is 0 Å². The Labute approximate surface area is 111 Å². The molecule has 2 heterocycles. The predicted octanol–water partition coefficient (Wildman–Crippen LogP) is 0.524. The van der Waals surface area contributed by atoms with Gasteiger partial charge < -0.3 is 14.8 Å². The van der Waals surface area contributed by atoms with E-state index in [1.54, 1.807) is 31.4 Å². The maximum absolute atomic E-state index is 12.2. The lowest BCUT2D eigenvalue weighted by Gasteiger charge is -2.16. The molecule has 19 heavy (non-hydrogen) atoms. The average Bonchev–Trinajstić information content (AvgIpc) is 2.83. The van der Waals surface area contributed by atoms with Crippen molar-refractivity contribution in [2.24, 2.45) is 7.05 Å². The molecule has 0 saturated heterocycles. The van der Waals surface area contributed by atoms with Crippen LogP contribution in [0.5, 0.6) is 0 Å². The Hall–Kier alpha value is -2.44. The van der Waals surface area contributed by atoms with Gasteiger partial charge in [-0.25, -0.2) is 9.97 Å². The van der Waals surface area contributed by atoms with E-state index in [1.165, 1.54) is 6.20 Å². The summed E-state index contributed by atoms with van der Waals surface area (Å²) >= 11 is 0. The second-order valence-electron chi connectivity index (χ2n) is 4.16. The van der Waals surface area contributed by atoms with Crippen molar-refractivity contribution in [2.45, 2.75) is 6.54 Å². The van der Waals surface area contributed by atoms with E-state index >= 15 is 0 Å². The van der Waals surface area contributed by atoms with E-state index in [9.17, 15) is 4.79 Å². The van der Waals surface area contributed by atoms with Gasteiger partial charge >= 0.3 is 0 Å². The summed E-state index contributed by atoms with van der Waals surface area (Å²) in [5.41, 5.74) is 0.309. The van der Waals surface area contributed by atoms with Crippen LogP contribution in [0, 0.1) is 0 Å². The fourth-order valence-electron chi connectivity index (χ4n) is 1.62. The van der Waals surface area contributed by atoms with Crippen LogP contribution >= 0.6 is 0 Å². The second-order valence-corrected chi connectivity index (χ2v) is 4.16. The molecule has 100 valence electrons. The van der Waals surface area contributed by atoms with Crippen LogP contribution in [0.1, 0.15) is 16.3 Å². The molecule has 0 aliphatic rings. The molecule has 0 saturated carbocycles. The number of aromatic nitrogens is 4. The van der Waals surface area contributed by atoms with Gasteiger partial charge in [0.25, 0.3) is 5.91 Å². The molecule has 1 amide bonds. The highest BCUT2D eigenvalue weighted by molar-refractivity contribution is 5.92. The lowest BCUT2D eigenvalue weighted by atomic mass is 10.3. The maximum atomic E-state index is 12.2. The molecule has 0 aromatic carbocycles. The highest BCUT2D eigenvalue weighted by Gasteiger charge is 2.15. The van der Waals surface area contributed by atoms with Crippen LogP contribution in [0.25, 0.3) is 0 Å². The molecule has 0 aliphatic heterocycles. The number of hydrogen-bond acceptors (Lipinski definition) is 5. The quantitative estimate of drug-likeness (QED) is 0.867. The Morgan fingerprint density at radius 3 is 2.89 bits per heavy atom. The molecule has 0 radical (unpaired) electrons. The fraction of sp³-hybridized carbons (Fsp3) is 0.333. The van der Waals surface area contributed by atoms with Crippen LogP contribution in [0.15, 0.2) is 24.8 Å². The zero-order valence-corrected chi connectivity index (χ0v) is 11.2. The number of hydrogen-bond donors (Lipinski definition) is 1. The molecule has 0 bridgehead atoms. The lowest BCUT2D eigenvalue weighted by Crippen LogP contribution is -2.28. The summed E-state index contributed by atoms with van der Waals surface area (Å²) in [6.45, 7) is 0.424. The summed E-state index contributed by atoms with van der Waals surface area (Å²) in [5, 5.41) is 2.86. The van der Waals surface area contributed by atoms with Crippen molar-refractivity contribution in [3.05, 3.63) is 36.3 Å². The standard InChI is InChI=1S/C12H16N6O/c1-13-10-7-14-6-9(16-10)12(19)18(3)8-11-15-4-5-17(11)2/h4-7H,8H2,1-3H3,(H,13,16). The Balaban J connectivity index is 2.12. The molecule has 1 N–H and O–H groups in total. The average molecular weight is 260 g/mol. The minimum Gasteiger partial charge on any atom is -0.372 e. The summed E-state index contributed by atoms with van der Waals surface area (Å²) < 4.78 is 1.87. The van der Waals surface area contributed by atoms with E-state index in [2.05, 4.69) is 20.3 Å². The van der Waals surface area contributed by atoms with Gasteiger partial charge in [-0.3, -0.25) is 9.78 Å². The van der Waals surface area contributed by atoms with E-state index in [0.29, 0.717) is 18.1 Å². The van der Waals surface area contributed by atoms with Crippen LogP contribution in [-0.4, -0.2) is 44.4 Å². The van der Waals surface area contributed by atoms with Crippen LogP contribution in [-0.2, 0) is 13.6 Å². The van der Waals surface area contributed by atoms with Crippen LogP contribution < -0.4 is 5.32 Å². The van der Waals surface area contributed by atoms with E-state index in [-0.39, 0.29) is 5.91 Å². The van der Waals surface area contributed by atoms with Crippen molar-refractivity contribution in [2.75, 3.05) is 19.4 Å². The van der Waals surface area contributed by atoms with Gasteiger partial charge in [0.2, 0.25) is 0 Å². The molecule has 7 nitrogen and oxygen atoms in total. The van der Waals surface area contributed by atoms with Gasteiger partial charge in [-0.05, 0) is 0 Å². The van der Waals surface area contributed by atoms with Gasteiger partial charge in [0.05, 0.1) is 18.9 Å². The number of anilines is 1. The van der Waals surface area contributed by atoms with Gasteiger partial charge in [-0.1, -0.05) is 0 Å². The van der Waals surface area contributed by atoms with Crippen molar-refractivity contribution in [1.29, 1.82) is 0 Å². The smallest absolute Gasteiger partial charge is 0.274 e. The van der Waals surface area contributed by atoms with Crippen molar-refractivity contribution >= 4 is 11.7 Å². The summed E-state index contributed by atoms with van der Waals surface area (Å²) in [6.07, 6.45) is 6.57. The third kappa shape index (κ3) is 2.87. The lowest BCUT2D eigenvalue weighted by molar-refractivity contribution is 0.0774. The van der Waals surface area contributed by atoms with Crippen LogP contribution in [0.4, 0.5) is 5.82 Å². The molecule has 7 heteroatoms. The number of nitrogens with one attached hydrogen (secondary N) is 1. The monoisotopic (exact) mass is 260 g/mol. The second kappa shape index (κ2) is 5.47. The molecular weight excluding hydrogens is 244 g/mol. The normalized spacial score (nSPS) is 10.3. The Morgan fingerprint density at radius 2 is 2.26 bits per heavy atom. The first kappa shape index (κ1) is 13.0. The SMILES string of the molecule is CNc1cncc(C(=O)N(C)Cc2nccn2C)n1. The molecule has 0 atom stereocenters. The van der Waals surface area contributed by atoms with Gasteiger partial charge in [0, 0.05) is 33.5 Å². The topological polar surface area (TPSA) is 75.9 Å². The highest BCUT2D eigenvalue weighted by atomic mass is 16.2. The first-order chi connectivity index (χ1) is 9.11. The number of nitrogens with zero attached hydrogens (tertiary/aromatic N) is 5. The zero-order valence-electron chi connectivity index (χ0n) is 11.2. The van der Waals surface area contributed by atoms with Gasteiger partial charge in [0.1, 0.15) is 17.3 Å². The minimum atomic E-state index is -0.187. The van der Waals surface area contributed by atoms with Crippen LogP contribution in [0.2, 0.25) is 0 Å². The first-order valence-electron chi connectivity index (χ1n) is 5.83. The van der Waals surface area contributed by atoms with Gasteiger partial charge in [-0.2, -0.15) is 0 Å². The molecular formula is C12H16N6O. The van der Waals surface area contributed by atoms with Gasteiger partial charge in [-0.15, -0.1) is 0 Å². The number of imidazole rings is 1. The van der Waals surface area contributed by atoms with Crippen molar-refractivity contribution in [1.82, 2.24) is 24.4 Å². The Kier molecular flexibility index (Phi) is 3.74. The third-order valence-electron chi connectivity index (χ3n) is 2.76. The fourth-order valence-corrected chi connectivity index (χ4v) is 1.62. The molecule has 0 fully saturated rings. The number of carbonyl (C=O) groups excluding carboxylic acids is 1. The largest absolute Gasteiger partial charge is 0.372 e. The predicted molar refractivity (Wildman–Crippen MR) is 70.6 cm³/mol. The summed E-state index contributed by atoms with van der Waals surface area (Å²) in [5.74, 6) is 1.19. The molecule has 2 aromatic heterocycles. The summed E-state index contributed by atoms with van der Waals surface area (Å²) in [4.78, 5) is 26.1. The number of carbonyl (C=O) groups is 1. The molecule has 0 aliphatic carbocycles. The number of rotatable bonds is 4. The van der Waals surface area contributed by atoms with Crippen molar-refractivity contribution < 1.29 is 4.79 Å². The maximum Gasteiger partial charge on any atom is 0.274 e. The van der Waals surface area contributed by atoms with Crippen LogP contribution in [0.3, 0.4) is 0 Å². The Morgan fingerprint density at radius 1 is 1.47 bits per heavy atom. The van der Waals surface area contributed by atoms with Gasteiger partial charge in [0.15, 0.2) is 0 Å². The summed E-state index contributed by atoms with van der Waals surface area (Å²) in [6, 6.07) is 0. The number of aryl methyl sites for hydroxylation is 1. The minimum absolute atomic E-state index is 0.187. The molecule has 2 rings (SSSR count). The molecule has 0 spiro atoms. The molecule has 2 aromatic rings. The molecule has 0 unspecified atom stereocenters. The van der Waals surface area contributed by atoms with E-state index in [0.717, 1.165) is 5.82 Å². The van der Waals surface area contributed by atoms with Crippen molar-refractivity contribution in [3.8, 4) is 0 Å². The first-order valence-corrected chi connectivity index (χ1v) is 5.83. The van der Waals surface area contributed by atoms with E-state index < -0.39 is 0 Å². The number of amides is 1. The highest BCUT2D eigenvalue weighted by Crippen LogP contribution is 2.06. The summed E-state index contributed by atoms with van der Waals surface area (Å²) in [7, 11) is 5.34.